The van der Waals surface area contributed by atoms with E-state index in [1.807, 2.05) is 0 Å². The molecular weight excluding hydrogens is 158 g/mol. The lowest BCUT2D eigenvalue weighted by Gasteiger charge is -2.22. The van der Waals surface area contributed by atoms with Gasteiger partial charge in [0.15, 0.2) is 0 Å². The SMILES string of the molecule is C#CCC(C)(NC(C)=O)C(=O)O. The van der Waals surface area contributed by atoms with Gasteiger partial charge in [0.1, 0.15) is 5.54 Å². The number of hydrogen-bond acceptors (Lipinski definition) is 2. The predicted molar refractivity (Wildman–Crippen MR) is 43.3 cm³/mol. The van der Waals surface area contributed by atoms with Crippen LogP contribution in [0.1, 0.15) is 20.3 Å². The Kier molecular flexibility index (Phi) is 3.30. The number of carboxylic acid groups (broad SMARTS) is 1. The summed E-state index contributed by atoms with van der Waals surface area (Å²) in [4.78, 5) is 21.2. The van der Waals surface area contributed by atoms with E-state index in [1.165, 1.54) is 13.8 Å². The van der Waals surface area contributed by atoms with E-state index in [9.17, 15) is 9.59 Å². The van der Waals surface area contributed by atoms with E-state index in [1.54, 1.807) is 0 Å². The van der Waals surface area contributed by atoms with Crippen LogP contribution in [0.4, 0.5) is 0 Å². The average Bonchev–Trinajstić information content (AvgIpc) is 1.85. The van der Waals surface area contributed by atoms with E-state index in [4.69, 9.17) is 11.5 Å². The van der Waals surface area contributed by atoms with Gasteiger partial charge in [0, 0.05) is 13.3 Å². The average molecular weight is 169 g/mol. The van der Waals surface area contributed by atoms with Gasteiger partial charge in [-0.25, -0.2) is 4.79 Å². The van der Waals surface area contributed by atoms with Gasteiger partial charge in [0.25, 0.3) is 0 Å². The van der Waals surface area contributed by atoms with Gasteiger partial charge in [-0.15, -0.1) is 12.3 Å². The van der Waals surface area contributed by atoms with Crippen LogP contribution in [0, 0.1) is 12.3 Å². The quantitative estimate of drug-likeness (QED) is 0.584. The molecule has 0 aliphatic rings. The van der Waals surface area contributed by atoms with Gasteiger partial charge in [-0.3, -0.25) is 4.79 Å². The Morgan fingerprint density at radius 3 is 2.42 bits per heavy atom. The van der Waals surface area contributed by atoms with Crippen molar-refractivity contribution >= 4 is 11.9 Å². The first-order valence-corrected chi connectivity index (χ1v) is 3.38. The molecule has 0 aliphatic heterocycles. The molecule has 0 aliphatic carbocycles. The topological polar surface area (TPSA) is 66.4 Å². The van der Waals surface area contributed by atoms with Crippen LogP contribution in [-0.2, 0) is 9.59 Å². The number of carbonyl (C=O) groups is 2. The second kappa shape index (κ2) is 3.77. The van der Waals surface area contributed by atoms with Gasteiger partial charge in [-0.2, -0.15) is 0 Å². The van der Waals surface area contributed by atoms with Crippen molar-refractivity contribution in [2.75, 3.05) is 0 Å². The van der Waals surface area contributed by atoms with E-state index < -0.39 is 17.4 Å². The second-order valence-electron chi connectivity index (χ2n) is 2.70. The number of amides is 1. The Balaban J connectivity index is 4.52. The van der Waals surface area contributed by atoms with Crippen molar-refractivity contribution < 1.29 is 14.7 Å². The van der Waals surface area contributed by atoms with Crippen LogP contribution in [0.15, 0.2) is 0 Å². The zero-order chi connectivity index (χ0) is 9.78. The maximum Gasteiger partial charge on any atom is 0.330 e. The number of aliphatic carboxylic acids is 1. The standard InChI is InChI=1S/C8H11NO3/c1-4-5-8(3,7(11)12)9-6(2)10/h1H,5H2,2-3H3,(H,9,10)(H,11,12). The molecule has 0 bridgehead atoms. The summed E-state index contributed by atoms with van der Waals surface area (Å²) >= 11 is 0. The summed E-state index contributed by atoms with van der Waals surface area (Å²) in [6, 6.07) is 0. The number of carbonyl (C=O) groups excluding carboxylic acids is 1. The Hall–Kier alpha value is -1.50. The third-order valence-electron chi connectivity index (χ3n) is 1.38. The minimum Gasteiger partial charge on any atom is -0.479 e. The molecule has 2 N–H and O–H groups in total. The largest absolute Gasteiger partial charge is 0.479 e. The molecule has 0 aromatic rings. The highest BCUT2D eigenvalue weighted by Gasteiger charge is 2.32. The first-order valence-electron chi connectivity index (χ1n) is 3.38. The molecule has 0 fully saturated rings. The Morgan fingerprint density at radius 1 is 1.67 bits per heavy atom. The first kappa shape index (κ1) is 10.5. The lowest BCUT2D eigenvalue weighted by atomic mass is 9.99. The van der Waals surface area contributed by atoms with Gasteiger partial charge in [-0.05, 0) is 6.92 Å². The van der Waals surface area contributed by atoms with Gasteiger partial charge in [-0.1, -0.05) is 0 Å². The monoisotopic (exact) mass is 169 g/mol. The number of terminal acetylenes is 1. The minimum atomic E-state index is -1.35. The second-order valence-corrected chi connectivity index (χ2v) is 2.70. The predicted octanol–water partition coefficient (Wildman–Crippen LogP) is -0.0109. The molecule has 0 radical (unpaired) electrons. The fourth-order valence-electron chi connectivity index (χ4n) is 0.766. The van der Waals surface area contributed by atoms with Crippen LogP contribution < -0.4 is 5.32 Å². The van der Waals surface area contributed by atoms with Crippen molar-refractivity contribution in [3.05, 3.63) is 0 Å². The summed E-state index contributed by atoms with van der Waals surface area (Å²) in [5.41, 5.74) is -1.35. The zero-order valence-corrected chi connectivity index (χ0v) is 7.05. The minimum absolute atomic E-state index is 0.0259. The van der Waals surface area contributed by atoms with Crippen molar-refractivity contribution in [2.24, 2.45) is 0 Å². The van der Waals surface area contributed by atoms with Gasteiger partial charge < -0.3 is 10.4 Å². The van der Waals surface area contributed by atoms with Crippen molar-refractivity contribution in [1.29, 1.82) is 0 Å². The first-order chi connectivity index (χ1) is 5.42. The molecule has 66 valence electrons. The maximum atomic E-state index is 10.6. The smallest absolute Gasteiger partial charge is 0.330 e. The molecule has 1 unspecified atom stereocenters. The summed E-state index contributed by atoms with van der Waals surface area (Å²) in [6.45, 7) is 2.62. The third-order valence-corrected chi connectivity index (χ3v) is 1.38. The Morgan fingerprint density at radius 2 is 2.17 bits per heavy atom. The van der Waals surface area contributed by atoms with E-state index in [0.717, 1.165) is 0 Å². The highest BCUT2D eigenvalue weighted by Crippen LogP contribution is 2.08. The van der Waals surface area contributed by atoms with Crippen LogP contribution in [0.25, 0.3) is 0 Å². The van der Waals surface area contributed by atoms with Crippen molar-refractivity contribution in [3.63, 3.8) is 0 Å². The van der Waals surface area contributed by atoms with Crippen LogP contribution in [0.5, 0.6) is 0 Å². The summed E-state index contributed by atoms with van der Waals surface area (Å²) in [5, 5.41) is 11.0. The van der Waals surface area contributed by atoms with Crippen molar-refractivity contribution in [1.82, 2.24) is 5.32 Å². The zero-order valence-electron chi connectivity index (χ0n) is 7.05. The summed E-state index contributed by atoms with van der Waals surface area (Å²) in [6.07, 6.45) is 4.94. The van der Waals surface area contributed by atoms with Crippen LogP contribution >= 0.6 is 0 Å². The number of rotatable bonds is 3. The number of carboxylic acids is 1. The van der Waals surface area contributed by atoms with Crippen molar-refractivity contribution in [3.8, 4) is 12.3 Å². The maximum absolute atomic E-state index is 10.6. The Bertz CT molecular complexity index is 241. The van der Waals surface area contributed by atoms with E-state index in [-0.39, 0.29) is 6.42 Å². The molecule has 0 saturated carbocycles. The van der Waals surface area contributed by atoms with Crippen LogP contribution in [0.2, 0.25) is 0 Å². The highest BCUT2D eigenvalue weighted by atomic mass is 16.4. The number of hydrogen-bond donors (Lipinski definition) is 2. The fraction of sp³-hybridized carbons (Fsp3) is 0.500. The van der Waals surface area contributed by atoms with Gasteiger partial charge in [0.05, 0.1) is 0 Å². The van der Waals surface area contributed by atoms with E-state index in [0.29, 0.717) is 0 Å². The molecule has 1 atom stereocenters. The lowest BCUT2D eigenvalue weighted by Crippen LogP contribution is -2.51. The molecule has 0 heterocycles. The molecule has 0 aromatic carbocycles. The lowest BCUT2D eigenvalue weighted by molar-refractivity contribution is -0.146. The summed E-state index contributed by atoms with van der Waals surface area (Å²) < 4.78 is 0. The van der Waals surface area contributed by atoms with Gasteiger partial charge in [0.2, 0.25) is 5.91 Å². The molecular formula is C8H11NO3. The van der Waals surface area contributed by atoms with Crippen LogP contribution in [0.3, 0.4) is 0 Å². The molecule has 4 heteroatoms. The molecule has 1 amide bonds. The highest BCUT2D eigenvalue weighted by molar-refractivity contribution is 5.85. The third kappa shape index (κ3) is 2.62. The molecule has 0 aromatic heterocycles. The summed E-state index contributed by atoms with van der Waals surface area (Å²) in [7, 11) is 0. The molecule has 4 nitrogen and oxygen atoms in total. The van der Waals surface area contributed by atoms with Gasteiger partial charge >= 0.3 is 5.97 Å². The van der Waals surface area contributed by atoms with E-state index >= 15 is 0 Å². The van der Waals surface area contributed by atoms with E-state index in [2.05, 4.69) is 11.2 Å². The van der Waals surface area contributed by atoms with Crippen LogP contribution in [-0.4, -0.2) is 22.5 Å². The van der Waals surface area contributed by atoms with Crippen molar-refractivity contribution in [2.45, 2.75) is 25.8 Å². The fourth-order valence-corrected chi connectivity index (χ4v) is 0.766. The number of nitrogens with one attached hydrogen (secondary N) is 1. The summed E-state index contributed by atoms with van der Waals surface area (Å²) in [5.74, 6) is 0.663. The molecule has 12 heavy (non-hydrogen) atoms. The molecule has 0 rings (SSSR count). The normalized spacial score (nSPS) is 14.1. The molecule has 0 spiro atoms. The Labute approximate surface area is 71.0 Å². The molecule has 0 saturated heterocycles.